The van der Waals surface area contributed by atoms with Gasteiger partial charge in [-0.25, -0.2) is 13.2 Å². The van der Waals surface area contributed by atoms with Crippen LogP contribution in [0, 0.1) is 5.92 Å². The molecule has 29 heavy (non-hydrogen) atoms. The smallest absolute Gasteiger partial charge is 0.419 e. The van der Waals surface area contributed by atoms with Crippen molar-refractivity contribution in [2.75, 3.05) is 13.1 Å². The first-order valence-electron chi connectivity index (χ1n) is 9.26. The number of carbonyl (C=O) groups excluding carboxylic acids is 1. The van der Waals surface area contributed by atoms with Gasteiger partial charge in [0.15, 0.2) is 5.58 Å². The van der Waals surface area contributed by atoms with E-state index >= 15 is 0 Å². The summed E-state index contributed by atoms with van der Waals surface area (Å²) in [7, 11) is -2.26. The summed E-state index contributed by atoms with van der Waals surface area (Å²) in [5.41, 5.74) is 0.728. The van der Waals surface area contributed by atoms with Gasteiger partial charge in [0.1, 0.15) is 5.76 Å². The number of nitrogens with one attached hydrogen (secondary N) is 1. The minimum atomic E-state index is -3.82. The lowest BCUT2D eigenvalue weighted by Gasteiger charge is -2.31. The molecule has 0 saturated carbocycles. The molecule has 1 aromatic carbocycles. The van der Waals surface area contributed by atoms with Crippen LogP contribution in [0.15, 0.2) is 55.1 Å². The number of rotatable bonds is 5. The molecular formula is C19H21N3O6S. The highest BCUT2D eigenvalue weighted by Crippen LogP contribution is 2.26. The molecule has 1 N–H and O–H groups in total. The molecule has 1 fully saturated rings. The third-order valence-electron chi connectivity index (χ3n) is 5.17. The molecule has 0 bridgehead atoms. The monoisotopic (exact) mass is 419 g/mol. The molecule has 2 aromatic heterocycles. The normalized spacial score (nSPS) is 18.2. The Kier molecular flexibility index (Phi) is 5.05. The fraction of sp³-hybridized carbons (Fsp3) is 0.368. The van der Waals surface area contributed by atoms with Crippen molar-refractivity contribution in [2.45, 2.75) is 24.3 Å². The lowest BCUT2D eigenvalue weighted by Crippen LogP contribution is -2.45. The number of furan rings is 1. The Labute approximate surface area is 166 Å². The molecule has 10 heteroatoms. The van der Waals surface area contributed by atoms with Gasteiger partial charge in [-0.3, -0.25) is 9.36 Å². The zero-order valence-electron chi connectivity index (χ0n) is 15.8. The van der Waals surface area contributed by atoms with Gasteiger partial charge in [0.2, 0.25) is 15.9 Å². The summed E-state index contributed by atoms with van der Waals surface area (Å²) < 4.78 is 39.1. The fourth-order valence-corrected chi connectivity index (χ4v) is 5.07. The second-order valence-electron chi connectivity index (χ2n) is 7.06. The number of benzene rings is 1. The summed E-state index contributed by atoms with van der Waals surface area (Å²) in [6.07, 6.45) is 2.73. The van der Waals surface area contributed by atoms with Crippen LogP contribution in [0.25, 0.3) is 11.1 Å². The van der Waals surface area contributed by atoms with E-state index in [2.05, 4.69) is 5.32 Å². The Morgan fingerprint density at radius 1 is 1.31 bits per heavy atom. The molecule has 1 aliphatic heterocycles. The minimum absolute atomic E-state index is 0.0380. The number of piperidine rings is 1. The van der Waals surface area contributed by atoms with Crippen molar-refractivity contribution in [2.24, 2.45) is 13.0 Å². The summed E-state index contributed by atoms with van der Waals surface area (Å²) in [5, 5.41) is 2.79. The van der Waals surface area contributed by atoms with Crippen LogP contribution in [-0.2, 0) is 28.4 Å². The Morgan fingerprint density at radius 3 is 2.90 bits per heavy atom. The zero-order valence-corrected chi connectivity index (χ0v) is 16.6. The lowest BCUT2D eigenvalue weighted by molar-refractivity contribution is -0.126. The first-order chi connectivity index (χ1) is 13.9. The summed E-state index contributed by atoms with van der Waals surface area (Å²) in [6.45, 7) is 0.697. The predicted octanol–water partition coefficient (Wildman–Crippen LogP) is 1.44. The predicted molar refractivity (Wildman–Crippen MR) is 103 cm³/mol. The highest BCUT2D eigenvalue weighted by molar-refractivity contribution is 7.89. The Balaban J connectivity index is 1.50. The third-order valence-corrected chi connectivity index (χ3v) is 7.03. The van der Waals surface area contributed by atoms with E-state index in [0.29, 0.717) is 30.7 Å². The van der Waals surface area contributed by atoms with Gasteiger partial charge in [-0.2, -0.15) is 4.31 Å². The van der Waals surface area contributed by atoms with E-state index < -0.39 is 21.7 Å². The summed E-state index contributed by atoms with van der Waals surface area (Å²) in [5.74, 6) is -0.560. The first kappa shape index (κ1) is 19.5. The number of amides is 1. The molecule has 3 heterocycles. The number of aryl methyl sites for hydroxylation is 1. The maximum absolute atomic E-state index is 13.1. The average Bonchev–Trinajstić information content (AvgIpc) is 3.34. The lowest BCUT2D eigenvalue weighted by atomic mass is 9.99. The number of hydrogen-bond acceptors (Lipinski definition) is 6. The molecule has 154 valence electrons. The van der Waals surface area contributed by atoms with E-state index in [9.17, 15) is 18.0 Å². The Hall–Kier alpha value is -2.85. The number of fused-ring (bicyclic) bond motifs is 1. The number of sulfonamides is 1. The summed E-state index contributed by atoms with van der Waals surface area (Å²) in [6, 6.07) is 7.85. The fourth-order valence-electron chi connectivity index (χ4n) is 3.53. The van der Waals surface area contributed by atoms with Crippen molar-refractivity contribution in [3.05, 3.63) is 52.9 Å². The average molecular weight is 419 g/mol. The number of nitrogens with zero attached hydrogens (tertiary/aromatic N) is 2. The number of oxazole rings is 1. The molecule has 4 rings (SSSR count). The summed E-state index contributed by atoms with van der Waals surface area (Å²) in [4.78, 5) is 24.2. The maximum Gasteiger partial charge on any atom is 0.419 e. The van der Waals surface area contributed by atoms with Gasteiger partial charge >= 0.3 is 5.76 Å². The molecule has 1 saturated heterocycles. The quantitative estimate of drug-likeness (QED) is 0.669. The molecule has 1 aliphatic rings. The minimum Gasteiger partial charge on any atom is -0.467 e. The number of aromatic nitrogens is 1. The van der Waals surface area contributed by atoms with Crippen molar-refractivity contribution in [3.63, 3.8) is 0 Å². The van der Waals surface area contributed by atoms with Crippen LogP contribution in [0.2, 0.25) is 0 Å². The van der Waals surface area contributed by atoms with E-state index in [-0.39, 0.29) is 29.5 Å². The summed E-state index contributed by atoms with van der Waals surface area (Å²) >= 11 is 0. The Bertz CT molecular complexity index is 1190. The second kappa shape index (κ2) is 7.53. The van der Waals surface area contributed by atoms with Gasteiger partial charge in [0.05, 0.1) is 29.1 Å². The van der Waals surface area contributed by atoms with Gasteiger partial charge in [0.25, 0.3) is 0 Å². The van der Waals surface area contributed by atoms with E-state index in [1.54, 1.807) is 25.2 Å². The van der Waals surface area contributed by atoms with E-state index in [4.69, 9.17) is 8.83 Å². The van der Waals surface area contributed by atoms with E-state index in [1.165, 1.54) is 27.3 Å². The van der Waals surface area contributed by atoms with Crippen LogP contribution in [0.5, 0.6) is 0 Å². The van der Waals surface area contributed by atoms with Gasteiger partial charge in [-0.1, -0.05) is 0 Å². The standard InChI is InChI=1S/C19H21N3O6S/c1-21-16-7-6-15(10-17(16)28-19(21)24)29(25,26)22-8-2-4-13(12-22)18(23)20-11-14-5-3-9-27-14/h3,5-7,9-10,13H,2,4,8,11-12H2,1H3,(H,20,23). The van der Waals surface area contributed by atoms with Gasteiger partial charge in [-0.15, -0.1) is 0 Å². The van der Waals surface area contributed by atoms with Crippen LogP contribution >= 0.6 is 0 Å². The van der Waals surface area contributed by atoms with Crippen LogP contribution < -0.4 is 11.1 Å². The van der Waals surface area contributed by atoms with Crippen molar-refractivity contribution in [1.29, 1.82) is 0 Å². The molecular weight excluding hydrogens is 398 g/mol. The molecule has 3 aromatic rings. The van der Waals surface area contributed by atoms with Crippen LogP contribution in [0.3, 0.4) is 0 Å². The van der Waals surface area contributed by atoms with Crippen molar-refractivity contribution in [3.8, 4) is 0 Å². The number of hydrogen-bond donors (Lipinski definition) is 1. The molecule has 0 aliphatic carbocycles. The molecule has 1 unspecified atom stereocenters. The molecule has 1 atom stereocenters. The van der Waals surface area contributed by atoms with Gasteiger partial charge < -0.3 is 14.2 Å². The topological polar surface area (TPSA) is 115 Å². The van der Waals surface area contributed by atoms with Crippen LogP contribution in [-0.4, -0.2) is 36.3 Å². The molecule has 9 nitrogen and oxygen atoms in total. The van der Waals surface area contributed by atoms with Crippen LogP contribution in [0.4, 0.5) is 0 Å². The molecule has 0 spiro atoms. The largest absolute Gasteiger partial charge is 0.467 e. The Morgan fingerprint density at radius 2 is 2.14 bits per heavy atom. The van der Waals surface area contributed by atoms with Crippen LogP contribution in [0.1, 0.15) is 18.6 Å². The van der Waals surface area contributed by atoms with E-state index in [1.807, 2.05) is 0 Å². The highest BCUT2D eigenvalue weighted by Gasteiger charge is 2.33. The molecule has 0 radical (unpaired) electrons. The van der Waals surface area contributed by atoms with Gasteiger partial charge in [-0.05, 0) is 37.1 Å². The zero-order chi connectivity index (χ0) is 20.6. The maximum atomic E-state index is 13.1. The van der Waals surface area contributed by atoms with Crippen molar-refractivity contribution < 1.29 is 22.0 Å². The number of carbonyl (C=O) groups is 1. The highest BCUT2D eigenvalue weighted by atomic mass is 32.2. The second-order valence-corrected chi connectivity index (χ2v) is 8.99. The third kappa shape index (κ3) is 3.73. The van der Waals surface area contributed by atoms with E-state index in [0.717, 1.165) is 0 Å². The van der Waals surface area contributed by atoms with Crippen molar-refractivity contribution in [1.82, 2.24) is 14.2 Å². The van der Waals surface area contributed by atoms with Gasteiger partial charge in [0, 0.05) is 26.2 Å². The van der Waals surface area contributed by atoms with Crippen molar-refractivity contribution >= 4 is 27.0 Å². The molecule has 1 amide bonds. The SMILES string of the molecule is Cn1c(=O)oc2cc(S(=O)(=O)N3CCCC(C(=O)NCc4ccco4)C3)ccc21. The first-order valence-corrected chi connectivity index (χ1v) is 10.7.